The summed E-state index contributed by atoms with van der Waals surface area (Å²) in [6.07, 6.45) is 5.52. The lowest BCUT2D eigenvalue weighted by atomic mass is 9.82. The maximum atomic E-state index is 4.47. The highest BCUT2D eigenvalue weighted by atomic mass is 15.0. The number of rotatable bonds is 4. The van der Waals surface area contributed by atoms with Gasteiger partial charge in [0.25, 0.3) is 0 Å². The maximum absolute atomic E-state index is 4.47. The fraction of sp³-hybridized carbons (Fsp3) is 0.643. The van der Waals surface area contributed by atoms with Gasteiger partial charge in [0.2, 0.25) is 0 Å². The summed E-state index contributed by atoms with van der Waals surface area (Å²) < 4.78 is 0. The molecule has 1 aromatic heterocycles. The third kappa shape index (κ3) is 3.62. The van der Waals surface area contributed by atoms with Gasteiger partial charge in [0.1, 0.15) is 11.6 Å². The van der Waals surface area contributed by atoms with Crippen molar-refractivity contribution >= 4 is 11.6 Å². The fourth-order valence-corrected chi connectivity index (χ4v) is 2.67. The molecule has 3 nitrogen and oxygen atoms in total. The smallest absolute Gasteiger partial charge is 0.128 e. The van der Waals surface area contributed by atoms with Gasteiger partial charge in [-0.3, -0.25) is 0 Å². The van der Waals surface area contributed by atoms with Gasteiger partial charge < -0.3 is 10.6 Å². The van der Waals surface area contributed by atoms with Crippen LogP contribution in [0.1, 0.15) is 32.6 Å². The Morgan fingerprint density at radius 1 is 1.29 bits per heavy atom. The molecular formula is C14H23N3. The van der Waals surface area contributed by atoms with Gasteiger partial charge in [-0.05, 0) is 36.8 Å². The highest BCUT2D eigenvalue weighted by molar-refractivity contribution is 5.44. The van der Waals surface area contributed by atoms with Crippen LogP contribution in [0, 0.1) is 11.8 Å². The molecule has 0 saturated heterocycles. The van der Waals surface area contributed by atoms with E-state index in [1.165, 1.54) is 25.7 Å². The quantitative estimate of drug-likeness (QED) is 0.837. The van der Waals surface area contributed by atoms with Crippen LogP contribution in [0.2, 0.25) is 0 Å². The third-order valence-electron chi connectivity index (χ3n) is 3.62. The zero-order valence-corrected chi connectivity index (χ0v) is 10.9. The summed E-state index contributed by atoms with van der Waals surface area (Å²) >= 11 is 0. The Labute approximate surface area is 104 Å². The molecule has 2 unspecified atom stereocenters. The Morgan fingerprint density at radius 3 is 2.88 bits per heavy atom. The molecule has 0 aliphatic heterocycles. The molecule has 1 saturated carbocycles. The van der Waals surface area contributed by atoms with Crippen molar-refractivity contribution in [2.45, 2.75) is 32.6 Å². The van der Waals surface area contributed by atoms with Crippen LogP contribution in [0.5, 0.6) is 0 Å². The predicted octanol–water partition coefficient (Wildman–Crippen LogP) is 3.36. The van der Waals surface area contributed by atoms with Gasteiger partial charge in [-0.1, -0.05) is 25.8 Å². The second-order valence-electron chi connectivity index (χ2n) is 5.18. The Morgan fingerprint density at radius 2 is 2.12 bits per heavy atom. The predicted molar refractivity (Wildman–Crippen MR) is 73.4 cm³/mol. The van der Waals surface area contributed by atoms with Gasteiger partial charge in [0.15, 0.2) is 0 Å². The number of aromatic nitrogens is 1. The molecule has 2 N–H and O–H groups in total. The first-order valence-electron chi connectivity index (χ1n) is 6.66. The zero-order valence-electron chi connectivity index (χ0n) is 10.9. The Kier molecular flexibility index (Phi) is 4.24. The fourth-order valence-electron chi connectivity index (χ4n) is 2.67. The third-order valence-corrected chi connectivity index (χ3v) is 3.62. The summed E-state index contributed by atoms with van der Waals surface area (Å²) in [5, 5.41) is 6.52. The van der Waals surface area contributed by atoms with Gasteiger partial charge in [-0.25, -0.2) is 4.98 Å². The van der Waals surface area contributed by atoms with Crippen LogP contribution < -0.4 is 10.6 Å². The van der Waals surface area contributed by atoms with Crippen LogP contribution in [0.15, 0.2) is 18.2 Å². The first-order valence-corrected chi connectivity index (χ1v) is 6.66. The van der Waals surface area contributed by atoms with Crippen LogP contribution >= 0.6 is 0 Å². The molecule has 0 radical (unpaired) electrons. The molecule has 1 aliphatic rings. The second kappa shape index (κ2) is 5.89. The second-order valence-corrected chi connectivity index (χ2v) is 5.18. The van der Waals surface area contributed by atoms with Gasteiger partial charge >= 0.3 is 0 Å². The molecule has 1 heterocycles. The summed E-state index contributed by atoms with van der Waals surface area (Å²) in [7, 11) is 1.90. The number of nitrogens with one attached hydrogen (secondary N) is 2. The van der Waals surface area contributed by atoms with E-state index in [2.05, 4.69) is 22.5 Å². The minimum Gasteiger partial charge on any atom is -0.373 e. The summed E-state index contributed by atoms with van der Waals surface area (Å²) in [5.41, 5.74) is 0. The minimum absolute atomic E-state index is 0.818. The van der Waals surface area contributed by atoms with E-state index in [4.69, 9.17) is 0 Å². The molecule has 1 aliphatic carbocycles. The van der Waals surface area contributed by atoms with Crippen molar-refractivity contribution in [1.29, 1.82) is 0 Å². The summed E-state index contributed by atoms with van der Waals surface area (Å²) in [6.45, 7) is 3.43. The lowest BCUT2D eigenvalue weighted by molar-refractivity contribution is 0.293. The van der Waals surface area contributed by atoms with Crippen molar-refractivity contribution in [2.24, 2.45) is 11.8 Å². The average Bonchev–Trinajstić information content (AvgIpc) is 2.37. The van der Waals surface area contributed by atoms with Gasteiger partial charge in [0.05, 0.1) is 0 Å². The van der Waals surface area contributed by atoms with Crippen LogP contribution in [-0.4, -0.2) is 18.6 Å². The van der Waals surface area contributed by atoms with Crippen LogP contribution in [0.4, 0.5) is 11.6 Å². The maximum Gasteiger partial charge on any atom is 0.128 e. The van der Waals surface area contributed by atoms with Crippen molar-refractivity contribution in [2.75, 3.05) is 24.2 Å². The molecule has 1 fully saturated rings. The number of pyridine rings is 1. The molecule has 17 heavy (non-hydrogen) atoms. The Hall–Kier alpha value is -1.25. The van der Waals surface area contributed by atoms with Crippen LogP contribution in [0.25, 0.3) is 0 Å². The van der Waals surface area contributed by atoms with E-state index >= 15 is 0 Å². The average molecular weight is 233 g/mol. The molecule has 2 atom stereocenters. The van der Waals surface area contributed by atoms with E-state index < -0.39 is 0 Å². The first-order chi connectivity index (χ1) is 8.28. The highest BCUT2D eigenvalue weighted by Gasteiger charge is 2.18. The molecule has 3 heteroatoms. The standard InChI is InChI=1S/C14H23N3/c1-11-5-3-6-12(9-11)10-16-14-8-4-7-13(15-2)17-14/h4,7-8,11-12H,3,5-6,9-10H2,1-2H3,(H2,15,16,17). The van der Waals surface area contributed by atoms with E-state index in [0.29, 0.717) is 0 Å². The lowest BCUT2D eigenvalue weighted by Crippen LogP contribution is -2.21. The molecule has 0 aromatic carbocycles. The van der Waals surface area contributed by atoms with Gasteiger partial charge in [-0.15, -0.1) is 0 Å². The van der Waals surface area contributed by atoms with Gasteiger partial charge in [0, 0.05) is 13.6 Å². The number of hydrogen-bond donors (Lipinski definition) is 2. The summed E-state index contributed by atoms with van der Waals surface area (Å²) in [5.74, 6) is 3.62. The van der Waals surface area contributed by atoms with E-state index in [9.17, 15) is 0 Å². The number of nitrogens with zero attached hydrogens (tertiary/aromatic N) is 1. The molecule has 0 bridgehead atoms. The van der Waals surface area contributed by atoms with Crippen molar-refractivity contribution < 1.29 is 0 Å². The van der Waals surface area contributed by atoms with E-state index in [-0.39, 0.29) is 0 Å². The molecule has 94 valence electrons. The molecular weight excluding hydrogens is 210 g/mol. The first kappa shape index (κ1) is 12.2. The van der Waals surface area contributed by atoms with Crippen LogP contribution in [-0.2, 0) is 0 Å². The molecule has 2 rings (SSSR count). The molecule has 1 aromatic rings. The zero-order chi connectivity index (χ0) is 12.1. The minimum atomic E-state index is 0.818. The van der Waals surface area contributed by atoms with E-state index in [0.717, 1.165) is 30.0 Å². The molecule has 0 spiro atoms. The Balaban J connectivity index is 1.84. The van der Waals surface area contributed by atoms with E-state index in [1.807, 2.05) is 25.2 Å². The van der Waals surface area contributed by atoms with Crippen LogP contribution in [0.3, 0.4) is 0 Å². The Bertz CT molecular complexity index is 351. The molecule has 0 amide bonds. The van der Waals surface area contributed by atoms with Crippen molar-refractivity contribution in [3.8, 4) is 0 Å². The number of hydrogen-bond acceptors (Lipinski definition) is 3. The summed E-state index contributed by atoms with van der Waals surface area (Å²) in [6, 6.07) is 6.05. The van der Waals surface area contributed by atoms with Crippen molar-refractivity contribution in [3.63, 3.8) is 0 Å². The van der Waals surface area contributed by atoms with E-state index in [1.54, 1.807) is 0 Å². The van der Waals surface area contributed by atoms with Gasteiger partial charge in [-0.2, -0.15) is 0 Å². The number of anilines is 2. The van der Waals surface area contributed by atoms with Crippen molar-refractivity contribution in [1.82, 2.24) is 4.98 Å². The largest absolute Gasteiger partial charge is 0.373 e. The summed E-state index contributed by atoms with van der Waals surface area (Å²) in [4.78, 5) is 4.47. The topological polar surface area (TPSA) is 37.0 Å². The SMILES string of the molecule is CNc1cccc(NCC2CCCC(C)C2)n1. The monoisotopic (exact) mass is 233 g/mol. The highest BCUT2D eigenvalue weighted by Crippen LogP contribution is 2.28. The van der Waals surface area contributed by atoms with Crippen molar-refractivity contribution in [3.05, 3.63) is 18.2 Å². The lowest BCUT2D eigenvalue weighted by Gasteiger charge is -2.26. The normalized spacial score (nSPS) is 24.4.